The third kappa shape index (κ3) is 3.45. The zero-order chi connectivity index (χ0) is 14.8. The number of halogens is 4. The minimum absolute atomic E-state index is 0.0505. The van der Waals surface area contributed by atoms with Gasteiger partial charge in [0.1, 0.15) is 5.03 Å². The molecule has 1 heterocycles. The first-order chi connectivity index (χ1) is 9.41. The quantitative estimate of drug-likeness (QED) is 0.913. The van der Waals surface area contributed by atoms with Crippen molar-refractivity contribution in [3.05, 3.63) is 52.7 Å². The van der Waals surface area contributed by atoms with Crippen molar-refractivity contribution >= 4 is 23.4 Å². The van der Waals surface area contributed by atoms with Gasteiger partial charge in [-0.25, -0.2) is 4.98 Å². The highest BCUT2D eigenvalue weighted by molar-refractivity contribution is 7.99. The third-order valence-corrected chi connectivity index (χ3v) is 3.97. The van der Waals surface area contributed by atoms with Crippen molar-refractivity contribution in [1.82, 2.24) is 4.98 Å². The summed E-state index contributed by atoms with van der Waals surface area (Å²) in [6.07, 6.45) is -2.83. The van der Waals surface area contributed by atoms with E-state index in [0.717, 1.165) is 6.07 Å². The zero-order valence-corrected chi connectivity index (χ0v) is 11.7. The molecule has 2 nitrogen and oxygen atoms in total. The van der Waals surface area contributed by atoms with Gasteiger partial charge in [0, 0.05) is 17.6 Å². The lowest BCUT2D eigenvalue weighted by atomic mass is 10.1. The maximum absolute atomic E-state index is 12.8. The van der Waals surface area contributed by atoms with Gasteiger partial charge in [-0.05, 0) is 35.9 Å². The Balaban J connectivity index is 2.33. The van der Waals surface area contributed by atoms with Gasteiger partial charge < -0.3 is 5.73 Å². The van der Waals surface area contributed by atoms with Gasteiger partial charge in [-0.2, -0.15) is 13.2 Å². The third-order valence-electron chi connectivity index (χ3n) is 2.54. The Morgan fingerprint density at radius 1 is 1.25 bits per heavy atom. The summed E-state index contributed by atoms with van der Waals surface area (Å²) in [5.41, 5.74) is 4.73. The van der Waals surface area contributed by atoms with Crippen LogP contribution in [0.2, 0.25) is 5.02 Å². The molecule has 0 fully saturated rings. The number of aromatic nitrogens is 1. The molecule has 2 N–H and O–H groups in total. The minimum atomic E-state index is -4.40. The van der Waals surface area contributed by atoms with Gasteiger partial charge in [0.2, 0.25) is 0 Å². The maximum Gasteiger partial charge on any atom is 0.416 e. The summed E-state index contributed by atoms with van der Waals surface area (Å²) in [4.78, 5) is 4.69. The largest absolute Gasteiger partial charge is 0.416 e. The van der Waals surface area contributed by atoms with E-state index in [-0.39, 0.29) is 12.1 Å². The first kappa shape index (κ1) is 15.2. The predicted octanol–water partition coefficient (Wildman–Crippen LogP) is 4.36. The Morgan fingerprint density at radius 3 is 2.60 bits per heavy atom. The van der Waals surface area contributed by atoms with Crippen LogP contribution in [0.1, 0.15) is 11.1 Å². The molecule has 0 atom stereocenters. The summed E-state index contributed by atoms with van der Waals surface area (Å²) < 4.78 is 38.3. The average molecular weight is 319 g/mol. The van der Waals surface area contributed by atoms with Gasteiger partial charge in [0.05, 0.1) is 10.6 Å². The SMILES string of the molecule is NCc1cc(Sc2ncccc2Cl)ccc1C(F)(F)F. The van der Waals surface area contributed by atoms with Crippen LogP contribution in [0.5, 0.6) is 0 Å². The lowest BCUT2D eigenvalue weighted by Crippen LogP contribution is -2.11. The highest BCUT2D eigenvalue weighted by Crippen LogP contribution is 2.36. The van der Waals surface area contributed by atoms with Crippen LogP contribution in [0, 0.1) is 0 Å². The number of hydrogen-bond donors (Lipinski definition) is 1. The number of rotatable bonds is 3. The Bertz CT molecular complexity index is 617. The highest BCUT2D eigenvalue weighted by atomic mass is 35.5. The normalized spacial score (nSPS) is 11.7. The lowest BCUT2D eigenvalue weighted by Gasteiger charge is -2.13. The van der Waals surface area contributed by atoms with Crippen LogP contribution in [0.15, 0.2) is 46.5 Å². The Morgan fingerprint density at radius 2 is 2.00 bits per heavy atom. The smallest absolute Gasteiger partial charge is 0.326 e. The molecule has 7 heteroatoms. The standard InChI is InChI=1S/C13H10ClF3N2S/c14-11-2-1-5-19-12(11)20-9-3-4-10(13(15,16)17)8(6-9)7-18/h1-6H,7,18H2. The van der Waals surface area contributed by atoms with Crippen LogP contribution < -0.4 is 5.73 Å². The molecule has 0 bridgehead atoms. The summed E-state index contributed by atoms with van der Waals surface area (Å²) in [5, 5.41) is 0.989. The van der Waals surface area contributed by atoms with Crippen LogP contribution in [0.4, 0.5) is 13.2 Å². The van der Waals surface area contributed by atoms with Crippen molar-refractivity contribution in [1.29, 1.82) is 0 Å². The van der Waals surface area contributed by atoms with E-state index < -0.39 is 11.7 Å². The van der Waals surface area contributed by atoms with Crippen LogP contribution in [-0.4, -0.2) is 4.98 Å². The van der Waals surface area contributed by atoms with E-state index >= 15 is 0 Å². The second-order valence-electron chi connectivity index (χ2n) is 3.91. The molecule has 0 spiro atoms. The van der Waals surface area contributed by atoms with Crippen molar-refractivity contribution in [3.8, 4) is 0 Å². The molecular formula is C13H10ClF3N2S. The monoisotopic (exact) mass is 318 g/mol. The fraction of sp³-hybridized carbons (Fsp3) is 0.154. The number of alkyl halides is 3. The summed E-state index contributed by atoms with van der Waals surface area (Å²) in [6.45, 7) is -0.181. The number of nitrogens with two attached hydrogens (primary N) is 1. The molecule has 106 valence electrons. The second-order valence-corrected chi connectivity index (χ2v) is 5.38. The molecular weight excluding hydrogens is 309 g/mol. The van der Waals surface area contributed by atoms with Crippen LogP contribution in [0.3, 0.4) is 0 Å². The number of nitrogens with zero attached hydrogens (tertiary/aromatic N) is 1. The highest BCUT2D eigenvalue weighted by Gasteiger charge is 2.32. The molecule has 0 saturated heterocycles. The van der Waals surface area contributed by atoms with Gasteiger partial charge in [0.25, 0.3) is 0 Å². The number of hydrogen-bond acceptors (Lipinski definition) is 3. The van der Waals surface area contributed by atoms with E-state index in [1.807, 2.05) is 0 Å². The molecule has 0 radical (unpaired) electrons. The first-order valence-electron chi connectivity index (χ1n) is 5.60. The van der Waals surface area contributed by atoms with E-state index in [2.05, 4.69) is 4.98 Å². The molecule has 1 aromatic heterocycles. The van der Waals surface area contributed by atoms with Crippen LogP contribution in [-0.2, 0) is 12.7 Å². The molecule has 0 aliphatic rings. The predicted molar refractivity (Wildman–Crippen MR) is 72.7 cm³/mol. The molecule has 2 rings (SSSR count). The van der Waals surface area contributed by atoms with E-state index in [9.17, 15) is 13.2 Å². The van der Waals surface area contributed by atoms with Crippen molar-refractivity contribution in [3.63, 3.8) is 0 Å². The van der Waals surface area contributed by atoms with E-state index in [4.69, 9.17) is 17.3 Å². The van der Waals surface area contributed by atoms with Crippen LogP contribution in [0.25, 0.3) is 0 Å². The van der Waals surface area contributed by atoms with Gasteiger partial charge in [-0.3, -0.25) is 0 Å². The first-order valence-corrected chi connectivity index (χ1v) is 6.80. The topological polar surface area (TPSA) is 38.9 Å². The fourth-order valence-corrected chi connectivity index (χ4v) is 2.71. The van der Waals surface area contributed by atoms with Crippen molar-refractivity contribution in [2.45, 2.75) is 22.6 Å². The van der Waals surface area contributed by atoms with Crippen molar-refractivity contribution < 1.29 is 13.2 Å². The summed E-state index contributed by atoms with van der Waals surface area (Å²) in [5.74, 6) is 0. The summed E-state index contributed by atoms with van der Waals surface area (Å²) in [6, 6.07) is 7.19. The average Bonchev–Trinajstić information content (AvgIpc) is 2.40. The fourth-order valence-electron chi connectivity index (χ4n) is 1.64. The number of pyridine rings is 1. The van der Waals surface area contributed by atoms with Gasteiger partial charge in [-0.1, -0.05) is 23.4 Å². The molecule has 0 amide bonds. The van der Waals surface area contributed by atoms with Crippen molar-refractivity contribution in [2.24, 2.45) is 5.73 Å². The van der Waals surface area contributed by atoms with Gasteiger partial charge in [-0.15, -0.1) is 0 Å². The molecule has 0 aliphatic heterocycles. The molecule has 0 saturated carbocycles. The number of benzene rings is 1. The molecule has 0 unspecified atom stereocenters. The van der Waals surface area contributed by atoms with Gasteiger partial charge >= 0.3 is 6.18 Å². The van der Waals surface area contributed by atoms with Crippen molar-refractivity contribution in [2.75, 3.05) is 0 Å². The lowest BCUT2D eigenvalue weighted by molar-refractivity contribution is -0.138. The van der Waals surface area contributed by atoms with E-state index in [0.29, 0.717) is 14.9 Å². The van der Waals surface area contributed by atoms with E-state index in [1.54, 1.807) is 18.3 Å². The summed E-state index contributed by atoms with van der Waals surface area (Å²) in [7, 11) is 0. The molecule has 20 heavy (non-hydrogen) atoms. The second kappa shape index (κ2) is 6.03. The van der Waals surface area contributed by atoms with Gasteiger partial charge in [0.15, 0.2) is 0 Å². The maximum atomic E-state index is 12.8. The molecule has 1 aromatic carbocycles. The summed E-state index contributed by atoms with van der Waals surface area (Å²) >= 11 is 7.16. The Labute approximate surface area is 123 Å². The molecule has 0 aliphatic carbocycles. The Hall–Kier alpha value is -1.24. The Kier molecular flexibility index (Phi) is 4.57. The van der Waals surface area contributed by atoms with E-state index in [1.165, 1.54) is 23.9 Å². The van der Waals surface area contributed by atoms with Crippen LogP contribution >= 0.6 is 23.4 Å². The zero-order valence-electron chi connectivity index (χ0n) is 10.1. The molecule has 2 aromatic rings. The minimum Gasteiger partial charge on any atom is -0.326 e.